The van der Waals surface area contributed by atoms with Gasteiger partial charge in [0.1, 0.15) is 5.75 Å². The van der Waals surface area contributed by atoms with Crippen LogP contribution in [0.3, 0.4) is 0 Å². The van der Waals surface area contributed by atoms with Gasteiger partial charge in [-0.1, -0.05) is 6.92 Å². The van der Waals surface area contributed by atoms with Crippen molar-refractivity contribution in [1.29, 1.82) is 0 Å². The van der Waals surface area contributed by atoms with E-state index in [2.05, 4.69) is 12.2 Å². The molecule has 3 rings (SSSR count). The molecule has 25 heavy (non-hydrogen) atoms. The molecule has 2 unspecified atom stereocenters. The number of nitrogens with one attached hydrogen (secondary N) is 1. The van der Waals surface area contributed by atoms with Crippen LogP contribution in [0.15, 0.2) is 6.07 Å². The van der Waals surface area contributed by atoms with Gasteiger partial charge in [0.05, 0.1) is 0 Å². The number of hydrogen-bond acceptors (Lipinski definition) is 3. The van der Waals surface area contributed by atoms with Crippen molar-refractivity contribution in [2.45, 2.75) is 58.9 Å². The Kier molecular flexibility index (Phi) is 5.02. The molecule has 5 heteroatoms. The van der Waals surface area contributed by atoms with Crippen molar-refractivity contribution in [3.8, 4) is 5.75 Å². The summed E-state index contributed by atoms with van der Waals surface area (Å²) in [6.07, 6.45) is 5.05. The SMILES string of the molecule is Cc1cc(OCC(=O)O)c(C)c2c1CCC(C(C)C(=O)NC1CC1)C2. The monoisotopic (exact) mass is 345 g/mol. The van der Waals surface area contributed by atoms with Gasteiger partial charge in [-0.2, -0.15) is 0 Å². The highest BCUT2D eigenvalue weighted by molar-refractivity contribution is 5.79. The molecule has 0 radical (unpaired) electrons. The predicted molar refractivity (Wildman–Crippen MR) is 94.9 cm³/mol. The third kappa shape index (κ3) is 3.97. The zero-order valence-corrected chi connectivity index (χ0v) is 15.2. The summed E-state index contributed by atoms with van der Waals surface area (Å²) in [7, 11) is 0. The molecule has 2 aliphatic rings. The first kappa shape index (κ1) is 17.8. The largest absolute Gasteiger partial charge is 0.482 e. The van der Waals surface area contributed by atoms with Gasteiger partial charge in [0.2, 0.25) is 5.91 Å². The lowest BCUT2D eigenvalue weighted by Crippen LogP contribution is -2.36. The van der Waals surface area contributed by atoms with E-state index in [4.69, 9.17) is 9.84 Å². The number of carbonyl (C=O) groups is 2. The molecule has 1 saturated carbocycles. The minimum absolute atomic E-state index is 0.00273. The highest BCUT2D eigenvalue weighted by Crippen LogP contribution is 2.38. The number of aliphatic carboxylic acids is 1. The maximum absolute atomic E-state index is 12.4. The lowest BCUT2D eigenvalue weighted by Gasteiger charge is -2.31. The third-order valence-corrected chi connectivity index (χ3v) is 5.64. The van der Waals surface area contributed by atoms with Crippen LogP contribution in [-0.4, -0.2) is 29.6 Å². The maximum Gasteiger partial charge on any atom is 0.341 e. The van der Waals surface area contributed by atoms with Gasteiger partial charge in [-0.25, -0.2) is 4.79 Å². The zero-order valence-electron chi connectivity index (χ0n) is 15.2. The zero-order chi connectivity index (χ0) is 18.1. The molecular formula is C20H27NO4. The molecule has 1 aromatic rings. The lowest BCUT2D eigenvalue weighted by atomic mass is 9.74. The normalized spacial score (nSPS) is 20.5. The number of ether oxygens (including phenoxy) is 1. The Bertz CT molecular complexity index is 693. The van der Waals surface area contributed by atoms with Crippen LogP contribution < -0.4 is 10.1 Å². The number of carboxylic acids is 1. The summed E-state index contributed by atoms with van der Waals surface area (Å²) in [6.45, 7) is 5.74. The van der Waals surface area contributed by atoms with Crippen LogP contribution in [0.2, 0.25) is 0 Å². The molecule has 1 amide bonds. The molecule has 5 nitrogen and oxygen atoms in total. The topological polar surface area (TPSA) is 75.6 Å². The van der Waals surface area contributed by atoms with E-state index in [9.17, 15) is 9.59 Å². The van der Waals surface area contributed by atoms with Crippen LogP contribution in [0.1, 0.15) is 48.4 Å². The maximum atomic E-state index is 12.4. The van der Waals surface area contributed by atoms with E-state index in [0.717, 1.165) is 43.2 Å². The highest BCUT2D eigenvalue weighted by atomic mass is 16.5. The molecule has 2 N–H and O–H groups in total. The average molecular weight is 345 g/mol. The molecule has 2 atom stereocenters. The molecule has 0 aromatic heterocycles. The van der Waals surface area contributed by atoms with Gasteiger partial charge in [0, 0.05) is 12.0 Å². The van der Waals surface area contributed by atoms with E-state index in [-0.39, 0.29) is 18.4 Å². The Morgan fingerprint density at radius 1 is 1.28 bits per heavy atom. The molecule has 1 aromatic carbocycles. The quantitative estimate of drug-likeness (QED) is 0.831. The first-order chi connectivity index (χ1) is 11.9. The number of carbonyl (C=O) groups excluding carboxylic acids is 1. The van der Waals surface area contributed by atoms with Gasteiger partial charge in [-0.15, -0.1) is 0 Å². The Labute approximate surface area is 148 Å². The van der Waals surface area contributed by atoms with Crippen LogP contribution in [0.5, 0.6) is 5.75 Å². The smallest absolute Gasteiger partial charge is 0.341 e. The summed E-state index contributed by atoms with van der Waals surface area (Å²) in [5, 5.41) is 12.0. The van der Waals surface area contributed by atoms with Gasteiger partial charge >= 0.3 is 5.97 Å². The third-order valence-electron chi connectivity index (χ3n) is 5.64. The summed E-state index contributed by atoms with van der Waals surface area (Å²) >= 11 is 0. The predicted octanol–water partition coefficient (Wildman–Crippen LogP) is 2.79. The Morgan fingerprint density at radius 3 is 2.64 bits per heavy atom. The van der Waals surface area contributed by atoms with Crippen molar-refractivity contribution in [2.75, 3.05) is 6.61 Å². The summed E-state index contributed by atoms with van der Waals surface area (Å²) in [6, 6.07) is 2.34. The van der Waals surface area contributed by atoms with Gasteiger partial charge in [0.25, 0.3) is 0 Å². The molecule has 0 saturated heterocycles. The second-order valence-corrected chi connectivity index (χ2v) is 7.53. The molecule has 0 spiro atoms. The average Bonchev–Trinajstić information content (AvgIpc) is 3.39. The minimum Gasteiger partial charge on any atom is -0.482 e. The van der Waals surface area contributed by atoms with Crippen LogP contribution in [0.25, 0.3) is 0 Å². The molecule has 1 fully saturated rings. The van der Waals surface area contributed by atoms with Crippen LogP contribution in [-0.2, 0) is 22.4 Å². The summed E-state index contributed by atoms with van der Waals surface area (Å²) in [5.74, 6) is 0.159. The molecule has 136 valence electrons. The number of hydrogen-bond donors (Lipinski definition) is 2. The van der Waals surface area contributed by atoms with E-state index >= 15 is 0 Å². The molecule has 0 aliphatic heterocycles. The highest BCUT2D eigenvalue weighted by Gasteiger charge is 2.32. The number of aryl methyl sites for hydroxylation is 1. The van der Waals surface area contributed by atoms with Crippen molar-refractivity contribution < 1.29 is 19.4 Å². The fraction of sp³-hybridized carbons (Fsp3) is 0.600. The lowest BCUT2D eigenvalue weighted by molar-refractivity contribution is -0.139. The van der Waals surface area contributed by atoms with E-state index in [1.807, 2.05) is 19.9 Å². The van der Waals surface area contributed by atoms with Gasteiger partial charge in [-0.05, 0) is 80.2 Å². The summed E-state index contributed by atoms with van der Waals surface area (Å²) < 4.78 is 5.47. The van der Waals surface area contributed by atoms with Gasteiger partial charge in [0.15, 0.2) is 6.61 Å². The van der Waals surface area contributed by atoms with E-state index in [1.54, 1.807) is 0 Å². The van der Waals surface area contributed by atoms with Gasteiger partial charge < -0.3 is 15.2 Å². The van der Waals surface area contributed by atoms with Crippen molar-refractivity contribution in [3.63, 3.8) is 0 Å². The van der Waals surface area contributed by atoms with Crippen LogP contribution in [0, 0.1) is 25.7 Å². The van der Waals surface area contributed by atoms with Crippen molar-refractivity contribution in [3.05, 3.63) is 28.3 Å². The number of rotatable bonds is 6. The minimum atomic E-state index is -0.974. The first-order valence-electron chi connectivity index (χ1n) is 9.13. The number of benzene rings is 1. The van der Waals surface area contributed by atoms with Crippen molar-refractivity contribution in [2.24, 2.45) is 11.8 Å². The number of fused-ring (bicyclic) bond motifs is 1. The van der Waals surface area contributed by atoms with E-state index in [0.29, 0.717) is 17.7 Å². The molecular weight excluding hydrogens is 318 g/mol. The number of amides is 1. The van der Waals surface area contributed by atoms with Crippen molar-refractivity contribution in [1.82, 2.24) is 5.32 Å². The van der Waals surface area contributed by atoms with Crippen LogP contribution >= 0.6 is 0 Å². The van der Waals surface area contributed by atoms with Crippen LogP contribution in [0.4, 0.5) is 0 Å². The molecule has 0 heterocycles. The van der Waals surface area contributed by atoms with Crippen molar-refractivity contribution >= 4 is 11.9 Å². The molecule has 2 aliphatic carbocycles. The van der Waals surface area contributed by atoms with E-state index in [1.165, 1.54) is 11.1 Å². The Balaban J connectivity index is 1.78. The molecule has 0 bridgehead atoms. The standard InChI is InChI=1S/C20H27NO4/c1-11-8-18(25-10-19(22)23)13(3)17-9-14(4-7-16(11)17)12(2)20(24)21-15-5-6-15/h8,12,14-15H,4-7,9-10H2,1-3H3,(H,21,24)(H,22,23). The van der Waals surface area contributed by atoms with E-state index < -0.39 is 5.97 Å². The second kappa shape index (κ2) is 7.06. The second-order valence-electron chi connectivity index (χ2n) is 7.53. The Morgan fingerprint density at radius 2 is 2.00 bits per heavy atom. The summed E-state index contributed by atoms with van der Waals surface area (Å²) in [5.41, 5.74) is 4.74. The first-order valence-corrected chi connectivity index (χ1v) is 9.13. The number of carboxylic acid groups (broad SMARTS) is 1. The summed E-state index contributed by atoms with van der Waals surface area (Å²) in [4.78, 5) is 23.2. The fourth-order valence-corrected chi connectivity index (χ4v) is 3.81. The Hall–Kier alpha value is -2.04. The van der Waals surface area contributed by atoms with Gasteiger partial charge in [-0.3, -0.25) is 4.79 Å². The fourth-order valence-electron chi connectivity index (χ4n) is 3.81.